The van der Waals surface area contributed by atoms with E-state index in [0.717, 1.165) is 66.9 Å². The molecule has 63 heavy (non-hydrogen) atoms. The summed E-state index contributed by atoms with van der Waals surface area (Å²) in [7, 11) is 0. The summed E-state index contributed by atoms with van der Waals surface area (Å²) in [6.45, 7) is 0. The van der Waals surface area contributed by atoms with Gasteiger partial charge in [0.15, 0.2) is 0 Å². The molecule has 0 spiro atoms. The first-order valence-corrected chi connectivity index (χ1v) is 21.5. The van der Waals surface area contributed by atoms with E-state index >= 15 is 0 Å². The fraction of sp³-hybridized carbons (Fsp3) is 0. The molecule has 3 heteroatoms. The van der Waals surface area contributed by atoms with Crippen molar-refractivity contribution >= 4 is 60.8 Å². The number of hydrogen-bond acceptors (Lipinski definition) is 2. The van der Waals surface area contributed by atoms with E-state index in [4.69, 9.17) is 4.42 Å². The van der Waals surface area contributed by atoms with Crippen molar-refractivity contribution in [3.8, 4) is 50.2 Å². The maximum absolute atomic E-state index is 6.44. The highest BCUT2D eigenvalue weighted by molar-refractivity contribution is 6.10. The van der Waals surface area contributed by atoms with Crippen LogP contribution >= 0.6 is 0 Å². The second-order valence-electron chi connectivity index (χ2n) is 16.1. The Balaban J connectivity index is 0.931. The Morgan fingerprint density at radius 1 is 0.302 bits per heavy atom. The van der Waals surface area contributed by atoms with Gasteiger partial charge in [-0.15, -0.1) is 0 Å². The van der Waals surface area contributed by atoms with Crippen LogP contribution in [0.5, 0.6) is 0 Å². The zero-order valence-electron chi connectivity index (χ0n) is 34.4. The molecule has 12 rings (SSSR count). The lowest BCUT2D eigenvalue weighted by atomic mass is 9.94. The van der Waals surface area contributed by atoms with Crippen LogP contribution in [0, 0.1) is 0 Å². The molecule has 0 N–H and O–H groups in total. The summed E-state index contributed by atoms with van der Waals surface area (Å²) >= 11 is 0. The molecule has 3 nitrogen and oxygen atoms in total. The van der Waals surface area contributed by atoms with Crippen molar-refractivity contribution in [2.45, 2.75) is 0 Å². The van der Waals surface area contributed by atoms with Gasteiger partial charge >= 0.3 is 0 Å². The minimum Gasteiger partial charge on any atom is -0.455 e. The smallest absolute Gasteiger partial charge is 0.143 e. The number of nitrogens with zero attached hydrogens (tertiary/aromatic N) is 2. The molecule has 0 radical (unpaired) electrons. The van der Waals surface area contributed by atoms with E-state index < -0.39 is 0 Å². The number of rotatable bonds is 8. The minimum absolute atomic E-state index is 0.902. The van der Waals surface area contributed by atoms with Crippen molar-refractivity contribution in [1.29, 1.82) is 0 Å². The molecule has 0 bridgehead atoms. The van der Waals surface area contributed by atoms with Gasteiger partial charge in [-0.2, -0.15) is 0 Å². The Kier molecular flexibility index (Phi) is 8.83. The van der Waals surface area contributed by atoms with Crippen LogP contribution in [-0.4, -0.2) is 4.57 Å². The van der Waals surface area contributed by atoms with Crippen LogP contribution in [0.2, 0.25) is 0 Å². The highest BCUT2D eigenvalue weighted by Gasteiger charge is 2.18. The van der Waals surface area contributed by atoms with Crippen molar-refractivity contribution in [3.63, 3.8) is 0 Å². The van der Waals surface area contributed by atoms with Gasteiger partial charge in [0, 0.05) is 49.9 Å². The van der Waals surface area contributed by atoms with Gasteiger partial charge in [-0.1, -0.05) is 176 Å². The molecule has 0 aliphatic carbocycles. The molecule has 0 amide bonds. The summed E-state index contributed by atoms with van der Waals surface area (Å²) in [6.07, 6.45) is 0. The molecule has 10 aromatic carbocycles. The zero-order chi connectivity index (χ0) is 41.7. The summed E-state index contributed by atoms with van der Waals surface area (Å²) in [5.41, 5.74) is 17.9. The number of benzene rings is 10. The van der Waals surface area contributed by atoms with Crippen molar-refractivity contribution in [2.75, 3.05) is 4.90 Å². The second kappa shape index (κ2) is 15.3. The zero-order valence-corrected chi connectivity index (χ0v) is 34.4. The average molecular weight is 805 g/mol. The predicted octanol–water partition coefficient (Wildman–Crippen LogP) is 16.8. The molecule has 2 heterocycles. The average Bonchev–Trinajstić information content (AvgIpc) is 3.91. The predicted molar refractivity (Wildman–Crippen MR) is 264 cm³/mol. The number of anilines is 3. The number of fused-ring (bicyclic) bond motifs is 6. The maximum Gasteiger partial charge on any atom is 0.143 e. The third kappa shape index (κ3) is 6.38. The van der Waals surface area contributed by atoms with Gasteiger partial charge in [0.1, 0.15) is 11.2 Å². The Morgan fingerprint density at radius 3 is 1.38 bits per heavy atom. The summed E-state index contributed by atoms with van der Waals surface area (Å²) < 4.78 is 8.82. The van der Waals surface area contributed by atoms with E-state index in [9.17, 15) is 0 Å². The molecule has 0 aliphatic rings. The lowest BCUT2D eigenvalue weighted by Crippen LogP contribution is -2.09. The summed E-state index contributed by atoms with van der Waals surface area (Å²) in [4.78, 5) is 2.34. The van der Waals surface area contributed by atoms with Crippen LogP contribution < -0.4 is 4.90 Å². The lowest BCUT2D eigenvalue weighted by molar-refractivity contribution is 0.670. The van der Waals surface area contributed by atoms with Crippen LogP contribution in [0.3, 0.4) is 0 Å². The third-order valence-electron chi connectivity index (χ3n) is 12.4. The van der Waals surface area contributed by atoms with E-state index in [2.05, 4.69) is 240 Å². The molecule has 0 unspecified atom stereocenters. The van der Waals surface area contributed by atoms with Crippen LogP contribution in [0.25, 0.3) is 93.9 Å². The summed E-state index contributed by atoms with van der Waals surface area (Å²) in [5.74, 6) is 0. The number of para-hydroxylation sites is 4. The van der Waals surface area contributed by atoms with E-state index in [1.165, 1.54) is 44.1 Å². The van der Waals surface area contributed by atoms with Gasteiger partial charge < -0.3 is 13.9 Å². The molecular formula is C60H40N2O. The van der Waals surface area contributed by atoms with Gasteiger partial charge in [-0.05, 0) is 106 Å². The molecule has 0 atom stereocenters. The van der Waals surface area contributed by atoms with Crippen molar-refractivity contribution in [1.82, 2.24) is 4.57 Å². The van der Waals surface area contributed by atoms with Crippen LogP contribution in [0.15, 0.2) is 247 Å². The van der Waals surface area contributed by atoms with Crippen molar-refractivity contribution < 1.29 is 4.42 Å². The molecule has 0 saturated carbocycles. The SMILES string of the molecule is c1ccc(-c2ccccc2-c2ccc(N(c3ccc(-c4cccc(-n5c6ccccc6c6ccccc65)c4)cc3)c3ccc(-c4cccc5c4oc4ccccc45)cc3)cc2)cc1. The van der Waals surface area contributed by atoms with E-state index in [1.807, 2.05) is 12.1 Å². The third-order valence-corrected chi connectivity index (χ3v) is 12.4. The standard InChI is InChI=1S/C60H40N2O/c1-2-14-42(15-3-1)50-18-4-5-19-51(50)43-30-36-47(37-31-43)61(48-38-32-44(33-39-48)52-23-13-24-56-55-22-8-11-27-59(55)63-60(52)56)46-34-28-41(29-35-46)45-16-12-17-49(40-45)62-57-25-9-6-20-53(57)54-21-7-10-26-58(54)62/h1-40H. The van der Waals surface area contributed by atoms with Crippen molar-refractivity contribution in [3.05, 3.63) is 243 Å². The van der Waals surface area contributed by atoms with Gasteiger partial charge in [-0.25, -0.2) is 0 Å². The first-order valence-electron chi connectivity index (χ1n) is 21.5. The van der Waals surface area contributed by atoms with Crippen LogP contribution in [0.1, 0.15) is 0 Å². The monoisotopic (exact) mass is 804 g/mol. The number of furan rings is 1. The molecule has 0 fully saturated rings. The van der Waals surface area contributed by atoms with Gasteiger partial charge in [-0.3, -0.25) is 0 Å². The normalized spacial score (nSPS) is 11.5. The summed E-state index contributed by atoms with van der Waals surface area (Å²) in [5, 5.41) is 4.78. The Hall–Kier alpha value is -8.40. The number of hydrogen-bond donors (Lipinski definition) is 0. The van der Waals surface area contributed by atoms with Gasteiger partial charge in [0.25, 0.3) is 0 Å². The van der Waals surface area contributed by atoms with Gasteiger partial charge in [0.2, 0.25) is 0 Å². The maximum atomic E-state index is 6.44. The fourth-order valence-corrected chi connectivity index (χ4v) is 9.43. The van der Waals surface area contributed by atoms with E-state index in [0.29, 0.717) is 0 Å². The van der Waals surface area contributed by atoms with Gasteiger partial charge in [0.05, 0.1) is 11.0 Å². The highest BCUT2D eigenvalue weighted by Crippen LogP contribution is 2.41. The number of aromatic nitrogens is 1. The largest absolute Gasteiger partial charge is 0.455 e. The molecule has 2 aromatic heterocycles. The second-order valence-corrected chi connectivity index (χ2v) is 16.1. The Bertz CT molecular complexity index is 3550. The topological polar surface area (TPSA) is 21.3 Å². The fourth-order valence-electron chi connectivity index (χ4n) is 9.43. The Morgan fingerprint density at radius 2 is 0.746 bits per heavy atom. The van der Waals surface area contributed by atoms with E-state index in [1.54, 1.807) is 0 Å². The first-order chi connectivity index (χ1) is 31.2. The van der Waals surface area contributed by atoms with Crippen LogP contribution in [-0.2, 0) is 0 Å². The summed E-state index contributed by atoms with van der Waals surface area (Å²) in [6, 6.07) is 87.0. The first kappa shape index (κ1) is 36.5. The lowest BCUT2D eigenvalue weighted by Gasteiger charge is -2.26. The molecular weight excluding hydrogens is 765 g/mol. The molecule has 0 saturated heterocycles. The molecule has 296 valence electrons. The molecule has 0 aliphatic heterocycles. The van der Waals surface area contributed by atoms with Crippen LogP contribution in [0.4, 0.5) is 17.1 Å². The Labute approximate surface area is 366 Å². The highest BCUT2D eigenvalue weighted by atomic mass is 16.3. The van der Waals surface area contributed by atoms with E-state index in [-0.39, 0.29) is 0 Å². The molecule has 12 aromatic rings. The quantitative estimate of drug-likeness (QED) is 0.153. The minimum atomic E-state index is 0.902. The van der Waals surface area contributed by atoms with Crippen molar-refractivity contribution in [2.24, 2.45) is 0 Å².